The lowest BCUT2D eigenvalue weighted by atomic mass is 9.92. The summed E-state index contributed by atoms with van der Waals surface area (Å²) in [5.41, 5.74) is 1.06. The molecule has 12 nitrogen and oxygen atoms in total. The molecule has 0 radical (unpaired) electrons. The number of carbonyl (C=O) groups excluding carboxylic acids is 3. The number of thiazole rings is 1. The molecule has 2 aromatic rings. The Bertz CT molecular complexity index is 1470. The van der Waals surface area contributed by atoms with Crippen LogP contribution in [-0.2, 0) is 19.1 Å². The molecule has 1 aliphatic heterocycles. The number of piperidine rings is 1. The number of carboxylic acids is 1. The standard InChI is InChI=1S/C37H56FN5O7S/c1-8-23(4)32(41-34(46)29-11-9-10-16-42(29)6)36(47)43(17-18-50-7)30(22(2)3)20-31(44)35-40-28(21-51-35)33(45)39-15-14-26(37(48)49)27-19-25(38)13-12-24(27)5/h12-13,19,21-23,26,29-32,44H,8-11,14-18,20H2,1-7H3,(H,39,45)(H,41,46)(H,48,49)/t23?,26-,29?,30-,31-,32?/m1/s1. The lowest BCUT2D eigenvalue weighted by Crippen LogP contribution is -2.59. The molecule has 51 heavy (non-hydrogen) atoms. The monoisotopic (exact) mass is 733 g/mol. The molecule has 1 fully saturated rings. The van der Waals surface area contributed by atoms with Crippen molar-refractivity contribution in [2.45, 2.75) is 103 Å². The van der Waals surface area contributed by atoms with Crippen LogP contribution in [0.1, 0.15) is 105 Å². The highest BCUT2D eigenvalue weighted by molar-refractivity contribution is 7.09. The summed E-state index contributed by atoms with van der Waals surface area (Å²) in [6.07, 6.45) is 2.50. The lowest BCUT2D eigenvalue weighted by molar-refractivity contribution is -0.143. The van der Waals surface area contributed by atoms with Crippen LogP contribution in [0.15, 0.2) is 23.6 Å². The zero-order valence-corrected chi connectivity index (χ0v) is 31.8. The molecular formula is C37H56FN5O7S. The summed E-state index contributed by atoms with van der Waals surface area (Å²) in [7, 11) is 3.49. The number of aliphatic hydroxyl groups is 1. The fraction of sp³-hybridized carbons (Fsp3) is 0.649. The average molecular weight is 734 g/mol. The molecule has 0 saturated carbocycles. The Hall–Kier alpha value is -3.46. The molecule has 1 aliphatic rings. The SMILES string of the molecule is CCC(C)C(NC(=O)C1CCCCN1C)C(=O)N(CCOC)[C@H](C[C@@H](O)c1nc(C(=O)NCC[C@@H](C(=O)O)c2cc(F)ccc2C)cs1)C(C)C. The number of nitrogens with one attached hydrogen (secondary N) is 2. The maximum atomic E-state index is 14.4. The number of aliphatic carboxylic acids is 1. The van der Waals surface area contributed by atoms with E-state index in [4.69, 9.17) is 4.74 Å². The summed E-state index contributed by atoms with van der Waals surface area (Å²) in [6.45, 7) is 10.9. The number of rotatable bonds is 19. The number of amides is 3. The van der Waals surface area contributed by atoms with Gasteiger partial charge in [-0.25, -0.2) is 9.37 Å². The van der Waals surface area contributed by atoms with Crippen molar-refractivity contribution in [2.24, 2.45) is 11.8 Å². The number of halogens is 1. The first-order valence-electron chi connectivity index (χ1n) is 17.9. The van der Waals surface area contributed by atoms with E-state index in [0.717, 1.165) is 37.1 Å². The van der Waals surface area contributed by atoms with Crippen molar-refractivity contribution >= 4 is 35.0 Å². The second-order valence-electron chi connectivity index (χ2n) is 14.0. The summed E-state index contributed by atoms with van der Waals surface area (Å²) in [5, 5.41) is 28.8. The molecule has 0 aliphatic carbocycles. The minimum atomic E-state index is -1.12. The first-order chi connectivity index (χ1) is 24.2. The van der Waals surface area contributed by atoms with Crippen LogP contribution < -0.4 is 10.6 Å². The summed E-state index contributed by atoms with van der Waals surface area (Å²) >= 11 is 1.11. The first-order valence-corrected chi connectivity index (χ1v) is 18.8. The van der Waals surface area contributed by atoms with E-state index in [0.29, 0.717) is 22.6 Å². The van der Waals surface area contributed by atoms with Gasteiger partial charge < -0.3 is 30.5 Å². The van der Waals surface area contributed by atoms with Gasteiger partial charge in [0.2, 0.25) is 11.8 Å². The number of likely N-dealkylation sites (tertiary alicyclic amines) is 1. The summed E-state index contributed by atoms with van der Waals surface area (Å²) < 4.78 is 19.2. The van der Waals surface area contributed by atoms with E-state index in [9.17, 15) is 33.8 Å². The summed E-state index contributed by atoms with van der Waals surface area (Å²) in [5.74, 6) is -3.79. The van der Waals surface area contributed by atoms with Gasteiger partial charge in [-0.3, -0.25) is 24.1 Å². The molecule has 2 heterocycles. The van der Waals surface area contributed by atoms with Crippen LogP contribution in [0.4, 0.5) is 4.39 Å². The number of aryl methyl sites for hydroxylation is 1. The number of ether oxygens (including phenoxy) is 1. The van der Waals surface area contributed by atoms with Crippen molar-refractivity contribution in [2.75, 3.05) is 40.4 Å². The predicted molar refractivity (Wildman–Crippen MR) is 194 cm³/mol. The molecule has 1 aromatic carbocycles. The number of carbonyl (C=O) groups is 4. The van der Waals surface area contributed by atoms with Gasteiger partial charge in [0.1, 0.15) is 28.7 Å². The number of hydrogen-bond donors (Lipinski definition) is 4. The number of aromatic nitrogens is 1. The largest absolute Gasteiger partial charge is 0.481 e. The molecule has 1 aromatic heterocycles. The Labute approximate surface area is 305 Å². The van der Waals surface area contributed by atoms with Gasteiger partial charge in [-0.2, -0.15) is 0 Å². The van der Waals surface area contributed by atoms with Crippen LogP contribution >= 0.6 is 11.3 Å². The zero-order chi connectivity index (χ0) is 37.8. The Morgan fingerprint density at radius 1 is 1.20 bits per heavy atom. The fourth-order valence-corrected chi connectivity index (χ4v) is 7.40. The molecule has 3 unspecified atom stereocenters. The van der Waals surface area contributed by atoms with Gasteiger partial charge >= 0.3 is 5.97 Å². The van der Waals surface area contributed by atoms with Gasteiger partial charge in [0, 0.05) is 38.0 Å². The van der Waals surface area contributed by atoms with Crippen molar-refractivity contribution in [1.29, 1.82) is 0 Å². The van der Waals surface area contributed by atoms with Gasteiger partial charge in [0.05, 0.1) is 18.6 Å². The average Bonchev–Trinajstić information content (AvgIpc) is 3.60. The second kappa shape index (κ2) is 20.0. The Morgan fingerprint density at radius 2 is 1.92 bits per heavy atom. The Morgan fingerprint density at radius 3 is 2.55 bits per heavy atom. The smallest absolute Gasteiger partial charge is 0.311 e. The maximum Gasteiger partial charge on any atom is 0.311 e. The third-order valence-electron chi connectivity index (χ3n) is 9.98. The molecule has 4 N–H and O–H groups in total. The van der Waals surface area contributed by atoms with E-state index in [1.54, 1.807) is 18.9 Å². The molecule has 0 spiro atoms. The van der Waals surface area contributed by atoms with Crippen molar-refractivity contribution < 1.29 is 38.5 Å². The number of methoxy groups -OCH3 is 1. The number of aliphatic hydroxyl groups excluding tert-OH is 1. The topological polar surface area (TPSA) is 161 Å². The highest BCUT2D eigenvalue weighted by Crippen LogP contribution is 2.29. The van der Waals surface area contributed by atoms with Crippen molar-refractivity contribution in [3.8, 4) is 0 Å². The van der Waals surface area contributed by atoms with Crippen LogP contribution in [0.3, 0.4) is 0 Å². The fourth-order valence-electron chi connectivity index (χ4n) is 6.60. The Balaban J connectivity index is 1.73. The molecular weight excluding hydrogens is 678 g/mol. The molecule has 1 saturated heterocycles. The van der Waals surface area contributed by atoms with Crippen LogP contribution in [0.2, 0.25) is 0 Å². The first kappa shape index (κ1) is 42.0. The minimum absolute atomic E-state index is 0.0120. The van der Waals surface area contributed by atoms with Crippen LogP contribution in [0.25, 0.3) is 0 Å². The normalized spacial score (nSPS) is 18.0. The van der Waals surface area contributed by atoms with Crippen LogP contribution in [0.5, 0.6) is 0 Å². The molecule has 6 atom stereocenters. The Kier molecular flexibility index (Phi) is 16.4. The number of benzene rings is 1. The molecule has 0 bridgehead atoms. The molecule has 14 heteroatoms. The molecule has 3 amide bonds. The summed E-state index contributed by atoms with van der Waals surface area (Å²) in [6, 6.07) is 2.51. The quantitative estimate of drug-likeness (QED) is 0.163. The van der Waals surface area contributed by atoms with Crippen LogP contribution in [-0.4, -0.2) is 107 Å². The third kappa shape index (κ3) is 11.5. The predicted octanol–water partition coefficient (Wildman–Crippen LogP) is 4.52. The lowest BCUT2D eigenvalue weighted by Gasteiger charge is -2.39. The molecule has 3 rings (SSSR count). The second-order valence-corrected chi connectivity index (χ2v) is 14.8. The van der Waals surface area contributed by atoms with Crippen molar-refractivity contribution in [3.05, 3.63) is 51.2 Å². The van der Waals surface area contributed by atoms with Gasteiger partial charge in [-0.1, -0.05) is 46.6 Å². The van der Waals surface area contributed by atoms with E-state index in [1.807, 2.05) is 39.6 Å². The van der Waals surface area contributed by atoms with Gasteiger partial charge in [0.15, 0.2) is 0 Å². The van der Waals surface area contributed by atoms with Gasteiger partial charge in [-0.05, 0) is 74.9 Å². The van der Waals surface area contributed by atoms with E-state index < -0.39 is 41.8 Å². The van der Waals surface area contributed by atoms with Gasteiger partial charge in [0.25, 0.3) is 5.91 Å². The van der Waals surface area contributed by atoms with Gasteiger partial charge in [-0.15, -0.1) is 11.3 Å². The number of carboxylic acid groups (broad SMARTS) is 1. The number of likely N-dealkylation sites (N-methyl/N-ethyl adjacent to an activating group) is 1. The highest BCUT2D eigenvalue weighted by atomic mass is 32.1. The maximum absolute atomic E-state index is 14.4. The van der Waals surface area contributed by atoms with E-state index in [1.165, 1.54) is 23.6 Å². The highest BCUT2D eigenvalue weighted by Gasteiger charge is 2.38. The van der Waals surface area contributed by atoms with E-state index in [-0.39, 0.29) is 67.9 Å². The minimum Gasteiger partial charge on any atom is -0.481 e. The van der Waals surface area contributed by atoms with Crippen molar-refractivity contribution in [3.63, 3.8) is 0 Å². The van der Waals surface area contributed by atoms with E-state index >= 15 is 0 Å². The summed E-state index contributed by atoms with van der Waals surface area (Å²) in [4.78, 5) is 60.9. The third-order valence-corrected chi connectivity index (χ3v) is 10.9. The van der Waals surface area contributed by atoms with Crippen LogP contribution in [0, 0.1) is 24.6 Å². The zero-order valence-electron chi connectivity index (χ0n) is 31.0. The van der Waals surface area contributed by atoms with E-state index in [2.05, 4.69) is 15.6 Å². The number of hydrogen-bond acceptors (Lipinski definition) is 9. The molecule has 284 valence electrons. The van der Waals surface area contributed by atoms with Crippen molar-refractivity contribution in [1.82, 2.24) is 25.4 Å². The number of nitrogens with zero attached hydrogens (tertiary/aromatic N) is 3.